The summed E-state index contributed by atoms with van der Waals surface area (Å²) >= 11 is 3.56. The Balaban J connectivity index is 1.90. The summed E-state index contributed by atoms with van der Waals surface area (Å²) in [6, 6.07) is 8.41. The molecule has 2 aromatic heterocycles. The Bertz CT molecular complexity index is 703. The average molecular weight is 272 g/mol. The van der Waals surface area contributed by atoms with E-state index in [1.54, 1.807) is 11.3 Å². The van der Waals surface area contributed by atoms with E-state index in [2.05, 4.69) is 39.4 Å². The zero-order chi connectivity index (χ0) is 11.9. The molecule has 0 saturated carbocycles. The van der Waals surface area contributed by atoms with Crippen molar-refractivity contribution in [3.05, 3.63) is 35.5 Å². The fourth-order valence-electron chi connectivity index (χ4n) is 2.00. The number of thiazole rings is 1. The summed E-state index contributed by atoms with van der Waals surface area (Å²) in [6.07, 6.45) is 1.51. The van der Waals surface area contributed by atoms with Gasteiger partial charge in [0.25, 0.3) is 0 Å². The van der Waals surface area contributed by atoms with Crippen molar-refractivity contribution in [2.75, 3.05) is 0 Å². The number of aromatic nitrogens is 4. The first-order valence-corrected chi connectivity index (χ1v) is 7.29. The number of H-pyrrole nitrogens is 1. The van der Waals surface area contributed by atoms with Gasteiger partial charge >= 0.3 is 0 Å². The second kappa shape index (κ2) is 3.93. The third-order valence-electron chi connectivity index (χ3n) is 2.82. The molecule has 4 rings (SSSR count). The molecule has 88 valence electrons. The van der Waals surface area contributed by atoms with E-state index in [1.165, 1.54) is 21.7 Å². The zero-order valence-corrected chi connectivity index (χ0v) is 10.9. The van der Waals surface area contributed by atoms with Gasteiger partial charge in [0.1, 0.15) is 6.33 Å². The highest BCUT2D eigenvalue weighted by molar-refractivity contribution is 7.98. The van der Waals surface area contributed by atoms with Gasteiger partial charge in [-0.25, -0.2) is 9.97 Å². The number of fused-ring (bicyclic) bond motifs is 3. The van der Waals surface area contributed by atoms with Crippen LogP contribution in [0.4, 0.5) is 0 Å². The van der Waals surface area contributed by atoms with Gasteiger partial charge in [0.2, 0.25) is 0 Å². The molecule has 3 aromatic rings. The molecule has 0 unspecified atom stereocenters. The molecule has 0 bridgehead atoms. The molecule has 6 heteroatoms. The molecule has 0 aliphatic carbocycles. The van der Waals surface area contributed by atoms with Crippen LogP contribution in [-0.2, 0) is 5.75 Å². The van der Waals surface area contributed by atoms with Gasteiger partial charge in [0.15, 0.2) is 10.8 Å². The minimum atomic E-state index is 0.747. The summed E-state index contributed by atoms with van der Waals surface area (Å²) in [4.78, 5) is 11.5. The lowest BCUT2D eigenvalue weighted by Crippen LogP contribution is -1.92. The molecule has 0 spiro atoms. The number of thioether (sulfide) groups is 1. The normalized spacial score (nSPS) is 13.1. The highest BCUT2D eigenvalue weighted by Crippen LogP contribution is 2.44. The monoisotopic (exact) mass is 272 g/mol. The van der Waals surface area contributed by atoms with Crippen molar-refractivity contribution in [2.24, 2.45) is 0 Å². The Morgan fingerprint density at radius 1 is 1.22 bits per heavy atom. The van der Waals surface area contributed by atoms with Crippen LogP contribution >= 0.6 is 23.1 Å². The van der Waals surface area contributed by atoms with Crippen molar-refractivity contribution in [1.82, 2.24) is 20.2 Å². The Morgan fingerprint density at radius 2 is 2.17 bits per heavy atom. The van der Waals surface area contributed by atoms with Gasteiger partial charge in [-0.05, 0) is 6.07 Å². The minimum absolute atomic E-state index is 0.747. The summed E-state index contributed by atoms with van der Waals surface area (Å²) in [6.45, 7) is 0. The molecule has 1 aliphatic rings. The quantitative estimate of drug-likeness (QED) is 0.739. The van der Waals surface area contributed by atoms with Gasteiger partial charge in [0, 0.05) is 21.1 Å². The maximum atomic E-state index is 4.71. The number of hydrogen-bond acceptors (Lipinski definition) is 5. The van der Waals surface area contributed by atoms with Gasteiger partial charge < -0.3 is 0 Å². The van der Waals surface area contributed by atoms with Crippen LogP contribution in [0.25, 0.3) is 22.1 Å². The average Bonchev–Trinajstić information content (AvgIpc) is 3.07. The highest BCUT2D eigenvalue weighted by Gasteiger charge is 2.22. The largest absolute Gasteiger partial charge is 0.257 e. The lowest BCUT2D eigenvalue weighted by molar-refractivity contribution is 1.09. The zero-order valence-electron chi connectivity index (χ0n) is 9.25. The van der Waals surface area contributed by atoms with Crippen molar-refractivity contribution >= 4 is 23.1 Å². The third-order valence-corrected chi connectivity index (χ3v) is 5.16. The SMILES string of the molecule is c1ccc2c(c1)SCc1sc(-c3ncn[nH]3)nc1-2. The minimum Gasteiger partial charge on any atom is -0.257 e. The topological polar surface area (TPSA) is 54.5 Å². The fourth-order valence-corrected chi connectivity index (χ4v) is 4.15. The van der Waals surface area contributed by atoms with Crippen LogP contribution in [0, 0.1) is 0 Å². The second-order valence-corrected chi connectivity index (χ2v) is 6.01. The molecular formula is C12H8N4S2. The molecule has 0 saturated heterocycles. The smallest absolute Gasteiger partial charge is 0.184 e. The summed E-state index contributed by atoms with van der Waals surface area (Å²) in [5.41, 5.74) is 2.33. The maximum Gasteiger partial charge on any atom is 0.184 e. The van der Waals surface area contributed by atoms with Crippen LogP contribution in [0.5, 0.6) is 0 Å². The Morgan fingerprint density at radius 3 is 3.06 bits per heavy atom. The van der Waals surface area contributed by atoms with Gasteiger partial charge in [-0.2, -0.15) is 5.10 Å². The van der Waals surface area contributed by atoms with Crippen molar-refractivity contribution < 1.29 is 0 Å². The van der Waals surface area contributed by atoms with E-state index in [0.29, 0.717) is 0 Å². The van der Waals surface area contributed by atoms with Gasteiger partial charge in [-0.1, -0.05) is 18.2 Å². The van der Waals surface area contributed by atoms with Crippen LogP contribution in [0.15, 0.2) is 35.5 Å². The predicted octanol–water partition coefficient (Wildman–Crippen LogP) is 3.20. The molecule has 1 aromatic carbocycles. The van der Waals surface area contributed by atoms with Crippen molar-refractivity contribution in [2.45, 2.75) is 10.6 Å². The predicted molar refractivity (Wildman–Crippen MR) is 72.5 cm³/mol. The van der Waals surface area contributed by atoms with E-state index in [1.807, 2.05) is 11.8 Å². The van der Waals surface area contributed by atoms with Crippen LogP contribution < -0.4 is 0 Å². The van der Waals surface area contributed by atoms with E-state index < -0.39 is 0 Å². The summed E-state index contributed by atoms with van der Waals surface area (Å²) in [5, 5.41) is 7.65. The van der Waals surface area contributed by atoms with E-state index in [4.69, 9.17) is 4.98 Å². The number of nitrogens with one attached hydrogen (secondary N) is 1. The van der Waals surface area contributed by atoms with Gasteiger partial charge in [0.05, 0.1) is 5.69 Å². The first kappa shape index (κ1) is 10.3. The van der Waals surface area contributed by atoms with Crippen molar-refractivity contribution in [3.63, 3.8) is 0 Å². The number of nitrogens with zero attached hydrogens (tertiary/aromatic N) is 3. The molecule has 0 fully saturated rings. The third kappa shape index (κ3) is 1.49. The van der Waals surface area contributed by atoms with E-state index in [9.17, 15) is 0 Å². The number of aromatic amines is 1. The molecule has 1 aliphatic heterocycles. The molecular weight excluding hydrogens is 264 g/mol. The lowest BCUT2D eigenvalue weighted by Gasteiger charge is -2.13. The Labute approximate surface area is 112 Å². The van der Waals surface area contributed by atoms with Crippen molar-refractivity contribution in [3.8, 4) is 22.1 Å². The highest BCUT2D eigenvalue weighted by atomic mass is 32.2. The number of benzene rings is 1. The molecule has 18 heavy (non-hydrogen) atoms. The Kier molecular flexibility index (Phi) is 2.24. The Hall–Kier alpha value is -1.66. The lowest BCUT2D eigenvalue weighted by atomic mass is 10.1. The van der Waals surface area contributed by atoms with Crippen LogP contribution in [0.2, 0.25) is 0 Å². The molecule has 0 radical (unpaired) electrons. The number of rotatable bonds is 1. The van der Waals surface area contributed by atoms with Crippen LogP contribution in [0.3, 0.4) is 0 Å². The van der Waals surface area contributed by atoms with Crippen LogP contribution in [-0.4, -0.2) is 20.2 Å². The van der Waals surface area contributed by atoms with Gasteiger partial charge in [-0.3, -0.25) is 5.10 Å². The first-order chi connectivity index (χ1) is 8.92. The van der Waals surface area contributed by atoms with Crippen molar-refractivity contribution in [1.29, 1.82) is 0 Å². The van der Waals surface area contributed by atoms with Gasteiger partial charge in [-0.15, -0.1) is 23.1 Å². The summed E-state index contributed by atoms with van der Waals surface area (Å²) in [7, 11) is 0. The molecule has 4 nitrogen and oxygen atoms in total. The standard InChI is InChI=1S/C12H8N4S2/c1-2-4-8-7(3-1)10-9(5-17-8)18-12(15-10)11-13-6-14-16-11/h1-4,6H,5H2,(H,13,14,16). The molecule has 1 N–H and O–H groups in total. The van der Waals surface area contributed by atoms with Crippen LogP contribution in [0.1, 0.15) is 4.88 Å². The molecule has 3 heterocycles. The molecule has 0 atom stereocenters. The summed E-state index contributed by atoms with van der Waals surface area (Å²) in [5.74, 6) is 1.73. The maximum absolute atomic E-state index is 4.71. The van der Waals surface area contributed by atoms with E-state index in [0.717, 1.165) is 22.3 Å². The fraction of sp³-hybridized carbons (Fsp3) is 0.0833. The number of hydrogen-bond donors (Lipinski definition) is 1. The van der Waals surface area contributed by atoms with E-state index >= 15 is 0 Å². The summed E-state index contributed by atoms with van der Waals surface area (Å²) < 4.78 is 0. The molecule has 0 amide bonds. The second-order valence-electron chi connectivity index (χ2n) is 3.91. The first-order valence-electron chi connectivity index (χ1n) is 5.49. The van der Waals surface area contributed by atoms with E-state index in [-0.39, 0.29) is 0 Å².